The van der Waals surface area contributed by atoms with Crippen molar-refractivity contribution >= 4 is 11.8 Å². The van der Waals surface area contributed by atoms with Crippen molar-refractivity contribution in [3.05, 3.63) is 24.3 Å². The lowest BCUT2D eigenvalue weighted by Crippen LogP contribution is -2.34. The summed E-state index contributed by atoms with van der Waals surface area (Å²) >= 11 is 2.01. The maximum Gasteiger partial charge on any atom is 0.123 e. The van der Waals surface area contributed by atoms with Gasteiger partial charge in [0.15, 0.2) is 0 Å². The van der Waals surface area contributed by atoms with Gasteiger partial charge in [-0.05, 0) is 42.5 Å². The number of benzene rings is 1. The molecule has 1 saturated heterocycles. The molecule has 2 unspecified atom stereocenters. The highest BCUT2D eigenvalue weighted by atomic mass is 32.2. The second kappa shape index (κ2) is 8.39. The molecule has 5 heteroatoms. The van der Waals surface area contributed by atoms with Crippen molar-refractivity contribution in [3.63, 3.8) is 0 Å². The summed E-state index contributed by atoms with van der Waals surface area (Å²) < 4.78 is 10.7. The van der Waals surface area contributed by atoms with Crippen molar-refractivity contribution in [2.24, 2.45) is 5.92 Å². The Labute approximate surface area is 124 Å². The van der Waals surface area contributed by atoms with Crippen molar-refractivity contribution in [1.82, 2.24) is 5.32 Å². The first kappa shape index (κ1) is 15.5. The molecule has 20 heavy (non-hydrogen) atoms. The number of nitrogens with one attached hydrogen (secondary N) is 1. The Morgan fingerprint density at radius 1 is 1.45 bits per heavy atom. The second-order valence-electron chi connectivity index (χ2n) is 5.03. The molecule has 0 amide bonds. The minimum Gasteiger partial charge on any atom is -0.497 e. The summed E-state index contributed by atoms with van der Waals surface area (Å²) in [7, 11) is 1.62. The Kier molecular flexibility index (Phi) is 6.50. The Hall–Kier alpha value is -0.910. The highest BCUT2D eigenvalue weighted by Crippen LogP contribution is 2.22. The number of hydrogen-bond donors (Lipinski definition) is 2. The van der Waals surface area contributed by atoms with Crippen molar-refractivity contribution in [3.8, 4) is 11.5 Å². The molecule has 1 aromatic carbocycles. The van der Waals surface area contributed by atoms with Crippen molar-refractivity contribution < 1.29 is 14.6 Å². The number of methoxy groups -OCH3 is 1. The molecule has 4 nitrogen and oxygen atoms in total. The van der Waals surface area contributed by atoms with Gasteiger partial charge in [-0.1, -0.05) is 6.07 Å². The average molecular weight is 297 g/mol. The van der Waals surface area contributed by atoms with Crippen LogP contribution in [0.15, 0.2) is 24.3 Å². The molecule has 0 aromatic heterocycles. The van der Waals surface area contributed by atoms with Crippen molar-refractivity contribution in [1.29, 1.82) is 0 Å². The Bertz CT molecular complexity index is 396. The zero-order valence-electron chi connectivity index (χ0n) is 11.9. The highest BCUT2D eigenvalue weighted by molar-refractivity contribution is 7.99. The van der Waals surface area contributed by atoms with Gasteiger partial charge < -0.3 is 19.9 Å². The van der Waals surface area contributed by atoms with E-state index in [9.17, 15) is 5.11 Å². The zero-order chi connectivity index (χ0) is 14.2. The van der Waals surface area contributed by atoms with Crippen molar-refractivity contribution in [2.75, 3.05) is 38.3 Å². The maximum absolute atomic E-state index is 9.89. The molecule has 112 valence electrons. The van der Waals surface area contributed by atoms with E-state index in [0.29, 0.717) is 13.2 Å². The number of rotatable bonds is 8. The lowest BCUT2D eigenvalue weighted by Gasteiger charge is -2.15. The molecular formula is C15H23NO3S. The summed E-state index contributed by atoms with van der Waals surface area (Å²) in [4.78, 5) is 0. The van der Waals surface area contributed by atoms with Crippen LogP contribution in [0.2, 0.25) is 0 Å². The highest BCUT2D eigenvalue weighted by Gasteiger charge is 2.15. The third kappa shape index (κ3) is 5.23. The van der Waals surface area contributed by atoms with E-state index < -0.39 is 6.10 Å². The van der Waals surface area contributed by atoms with Gasteiger partial charge in [0.05, 0.1) is 7.11 Å². The summed E-state index contributed by atoms with van der Waals surface area (Å²) in [5, 5.41) is 13.2. The van der Waals surface area contributed by atoms with Crippen LogP contribution in [-0.4, -0.2) is 49.5 Å². The van der Waals surface area contributed by atoms with Gasteiger partial charge in [0, 0.05) is 12.6 Å². The largest absolute Gasteiger partial charge is 0.497 e. The first-order chi connectivity index (χ1) is 9.78. The molecule has 2 rings (SSSR count). The molecule has 2 N–H and O–H groups in total. The number of aliphatic hydroxyl groups is 1. The standard InChI is InChI=1S/C15H23NO3S/c1-18-14-3-2-4-15(7-14)19-10-13(17)9-16-8-12-5-6-20-11-12/h2-4,7,12-13,16-17H,5-6,8-11H2,1H3. The normalized spacial score (nSPS) is 19.8. The van der Waals surface area contributed by atoms with E-state index in [2.05, 4.69) is 5.32 Å². The third-order valence-corrected chi connectivity index (χ3v) is 4.55. The van der Waals surface area contributed by atoms with Gasteiger partial charge in [-0.25, -0.2) is 0 Å². The number of hydrogen-bond acceptors (Lipinski definition) is 5. The number of thioether (sulfide) groups is 1. The fourth-order valence-electron chi connectivity index (χ4n) is 2.14. The first-order valence-electron chi connectivity index (χ1n) is 7.01. The Balaban J connectivity index is 1.62. The van der Waals surface area contributed by atoms with Crippen molar-refractivity contribution in [2.45, 2.75) is 12.5 Å². The fraction of sp³-hybridized carbons (Fsp3) is 0.600. The zero-order valence-corrected chi connectivity index (χ0v) is 12.7. The molecule has 0 radical (unpaired) electrons. The van der Waals surface area contributed by atoms with E-state index in [4.69, 9.17) is 9.47 Å². The van der Waals surface area contributed by atoms with Gasteiger partial charge in [-0.15, -0.1) is 0 Å². The van der Waals surface area contributed by atoms with Gasteiger partial charge >= 0.3 is 0 Å². The molecule has 0 bridgehead atoms. The van der Waals surface area contributed by atoms with Crippen LogP contribution >= 0.6 is 11.8 Å². The topological polar surface area (TPSA) is 50.7 Å². The minimum atomic E-state index is -0.491. The second-order valence-corrected chi connectivity index (χ2v) is 6.18. The molecule has 2 atom stereocenters. The molecule has 1 aliphatic rings. The summed E-state index contributed by atoms with van der Waals surface area (Å²) in [5.41, 5.74) is 0. The van der Waals surface area contributed by atoms with Crippen LogP contribution in [0.3, 0.4) is 0 Å². The summed E-state index contributed by atoms with van der Waals surface area (Å²) in [6, 6.07) is 7.41. The first-order valence-corrected chi connectivity index (χ1v) is 8.17. The van der Waals surface area contributed by atoms with Gasteiger partial charge in [-0.3, -0.25) is 0 Å². The SMILES string of the molecule is COc1cccc(OCC(O)CNCC2CCSC2)c1. The lowest BCUT2D eigenvalue weighted by molar-refractivity contribution is 0.105. The average Bonchev–Trinajstić information content (AvgIpc) is 2.98. The van der Waals surface area contributed by atoms with Crippen LogP contribution in [0.1, 0.15) is 6.42 Å². The van der Waals surface area contributed by atoms with Crippen LogP contribution in [-0.2, 0) is 0 Å². The van der Waals surface area contributed by atoms with E-state index in [0.717, 1.165) is 24.0 Å². The fourth-order valence-corrected chi connectivity index (χ4v) is 3.43. The molecular weight excluding hydrogens is 274 g/mol. The Morgan fingerprint density at radius 2 is 2.30 bits per heavy atom. The molecule has 0 saturated carbocycles. The van der Waals surface area contributed by atoms with E-state index in [1.807, 2.05) is 36.0 Å². The van der Waals surface area contributed by atoms with E-state index in [1.54, 1.807) is 7.11 Å². The predicted octanol–water partition coefficient (Wildman–Crippen LogP) is 1.78. The minimum absolute atomic E-state index is 0.291. The Morgan fingerprint density at radius 3 is 3.05 bits per heavy atom. The number of ether oxygens (including phenoxy) is 2. The molecule has 1 heterocycles. The lowest BCUT2D eigenvalue weighted by atomic mass is 10.1. The van der Waals surface area contributed by atoms with Gasteiger partial charge in [-0.2, -0.15) is 11.8 Å². The summed E-state index contributed by atoms with van der Waals surface area (Å²) in [5.74, 6) is 4.74. The predicted molar refractivity (Wildman–Crippen MR) is 82.8 cm³/mol. The monoisotopic (exact) mass is 297 g/mol. The molecule has 1 aliphatic heterocycles. The number of aliphatic hydroxyl groups excluding tert-OH is 1. The quantitative estimate of drug-likeness (QED) is 0.766. The van der Waals surface area contributed by atoms with E-state index in [1.165, 1.54) is 17.9 Å². The van der Waals surface area contributed by atoms with Crippen LogP contribution in [0, 0.1) is 5.92 Å². The van der Waals surface area contributed by atoms with Gasteiger partial charge in [0.1, 0.15) is 24.2 Å². The van der Waals surface area contributed by atoms with Crippen LogP contribution in [0.5, 0.6) is 11.5 Å². The molecule has 0 aliphatic carbocycles. The molecule has 0 spiro atoms. The molecule has 1 fully saturated rings. The van der Waals surface area contributed by atoms with E-state index >= 15 is 0 Å². The van der Waals surface area contributed by atoms with Gasteiger partial charge in [0.25, 0.3) is 0 Å². The van der Waals surface area contributed by atoms with Gasteiger partial charge in [0.2, 0.25) is 0 Å². The molecule has 1 aromatic rings. The maximum atomic E-state index is 9.89. The van der Waals surface area contributed by atoms with Crippen LogP contribution < -0.4 is 14.8 Å². The van der Waals surface area contributed by atoms with E-state index in [-0.39, 0.29) is 0 Å². The third-order valence-electron chi connectivity index (χ3n) is 3.32. The van der Waals surface area contributed by atoms with Crippen LogP contribution in [0.4, 0.5) is 0 Å². The smallest absolute Gasteiger partial charge is 0.123 e. The summed E-state index contributed by atoms with van der Waals surface area (Å²) in [6.45, 7) is 1.86. The summed E-state index contributed by atoms with van der Waals surface area (Å²) in [6.07, 6.45) is 0.795. The van der Waals surface area contributed by atoms with Crippen LogP contribution in [0.25, 0.3) is 0 Å².